The number of pyridine rings is 2. The molecule has 0 saturated carbocycles. The Morgan fingerprint density at radius 1 is 1.04 bits per heavy atom. The van der Waals surface area contributed by atoms with Crippen LogP contribution in [0, 0.1) is 13.5 Å². The van der Waals surface area contributed by atoms with Crippen LogP contribution in [0.1, 0.15) is 5.69 Å². The summed E-state index contributed by atoms with van der Waals surface area (Å²) in [6, 6.07) is 15.2. The van der Waals surface area contributed by atoms with Gasteiger partial charge in [-0.15, -0.1) is 0 Å². The van der Waals surface area contributed by atoms with E-state index in [1.165, 1.54) is 12.3 Å². The molecular formula is C18H14N4O2S. The smallest absolute Gasteiger partial charge is 0.263 e. The van der Waals surface area contributed by atoms with Gasteiger partial charge in [0.25, 0.3) is 10.0 Å². The Hall–Kier alpha value is -3.24. The van der Waals surface area contributed by atoms with Crippen molar-refractivity contribution >= 4 is 21.5 Å². The fourth-order valence-electron chi connectivity index (χ4n) is 2.21. The molecule has 1 aromatic carbocycles. The first-order valence-corrected chi connectivity index (χ1v) is 8.87. The molecule has 25 heavy (non-hydrogen) atoms. The summed E-state index contributed by atoms with van der Waals surface area (Å²) in [6.45, 7) is 8.74. The van der Waals surface area contributed by atoms with E-state index in [0.717, 1.165) is 11.3 Å². The first-order chi connectivity index (χ1) is 12.0. The number of aromatic nitrogens is 2. The molecule has 3 aromatic rings. The van der Waals surface area contributed by atoms with Crippen molar-refractivity contribution in [1.82, 2.24) is 9.97 Å². The van der Waals surface area contributed by atoms with Crippen molar-refractivity contribution in [2.45, 2.75) is 11.8 Å². The molecule has 7 heteroatoms. The van der Waals surface area contributed by atoms with E-state index in [1.54, 1.807) is 55.5 Å². The van der Waals surface area contributed by atoms with Crippen LogP contribution in [0.4, 0.5) is 11.5 Å². The summed E-state index contributed by atoms with van der Waals surface area (Å²) in [5.41, 5.74) is 2.70. The van der Waals surface area contributed by atoms with E-state index in [1.807, 2.05) is 0 Å². The predicted molar refractivity (Wildman–Crippen MR) is 95.7 cm³/mol. The van der Waals surface area contributed by atoms with E-state index < -0.39 is 10.0 Å². The summed E-state index contributed by atoms with van der Waals surface area (Å²) < 4.78 is 27.3. The molecule has 6 nitrogen and oxygen atoms in total. The van der Waals surface area contributed by atoms with Crippen LogP contribution >= 0.6 is 0 Å². The molecular weight excluding hydrogens is 336 g/mol. The SMILES string of the molecule is [C-]#[N+]c1ccc(-c2ccc(S(=O)(=O)Nc3cccc(C)n3)cn2)cc1. The molecule has 0 spiro atoms. The van der Waals surface area contributed by atoms with E-state index in [4.69, 9.17) is 6.57 Å². The van der Waals surface area contributed by atoms with E-state index >= 15 is 0 Å². The van der Waals surface area contributed by atoms with Crippen LogP contribution in [-0.2, 0) is 10.0 Å². The minimum Gasteiger partial charge on any atom is -0.263 e. The van der Waals surface area contributed by atoms with Crippen molar-refractivity contribution in [3.63, 3.8) is 0 Å². The van der Waals surface area contributed by atoms with Gasteiger partial charge in [0, 0.05) is 11.9 Å². The quantitative estimate of drug-likeness (QED) is 0.726. The van der Waals surface area contributed by atoms with Crippen molar-refractivity contribution in [1.29, 1.82) is 0 Å². The molecule has 0 bridgehead atoms. The average molecular weight is 350 g/mol. The Bertz CT molecular complexity index is 1040. The van der Waals surface area contributed by atoms with Crippen molar-refractivity contribution in [3.8, 4) is 11.3 Å². The third kappa shape index (κ3) is 3.82. The van der Waals surface area contributed by atoms with Gasteiger partial charge in [0.1, 0.15) is 10.7 Å². The van der Waals surface area contributed by atoms with Gasteiger partial charge in [0.15, 0.2) is 5.69 Å². The maximum absolute atomic E-state index is 12.4. The summed E-state index contributed by atoms with van der Waals surface area (Å²) in [4.78, 5) is 11.7. The number of benzene rings is 1. The zero-order valence-corrected chi connectivity index (χ0v) is 14.2. The normalized spacial score (nSPS) is 10.9. The van der Waals surface area contributed by atoms with E-state index in [2.05, 4.69) is 19.5 Å². The van der Waals surface area contributed by atoms with Gasteiger partial charge in [-0.2, -0.15) is 0 Å². The lowest BCUT2D eigenvalue weighted by molar-refractivity contribution is 0.600. The highest BCUT2D eigenvalue weighted by atomic mass is 32.2. The van der Waals surface area contributed by atoms with Gasteiger partial charge < -0.3 is 0 Å². The number of sulfonamides is 1. The van der Waals surface area contributed by atoms with E-state index in [9.17, 15) is 8.42 Å². The van der Waals surface area contributed by atoms with Crippen LogP contribution in [0.25, 0.3) is 16.1 Å². The second kappa shape index (κ2) is 6.71. The fraction of sp³-hybridized carbons (Fsp3) is 0.0556. The molecule has 0 aliphatic heterocycles. The minimum absolute atomic E-state index is 0.0531. The number of hydrogen-bond donors (Lipinski definition) is 1. The Kier molecular flexibility index (Phi) is 4.46. The summed E-state index contributed by atoms with van der Waals surface area (Å²) in [6.07, 6.45) is 1.30. The first kappa shape index (κ1) is 16.6. The monoisotopic (exact) mass is 350 g/mol. The van der Waals surface area contributed by atoms with Crippen molar-refractivity contribution < 1.29 is 8.42 Å². The van der Waals surface area contributed by atoms with Gasteiger partial charge in [-0.3, -0.25) is 9.71 Å². The topological polar surface area (TPSA) is 76.3 Å². The van der Waals surface area contributed by atoms with Crippen LogP contribution in [0.15, 0.2) is 65.7 Å². The molecule has 0 amide bonds. The third-order valence-electron chi connectivity index (χ3n) is 3.47. The molecule has 2 aromatic heterocycles. The summed E-state index contributed by atoms with van der Waals surface area (Å²) in [7, 11) is -3.75. The number of nitrogens with zero attached hydrogens (tertiary/aromatic N) is 3. The molecule has 0 aliphatic rings. The molecule has 0 aliphatic carbocycles. The van der Waals surface area contributed by atoms with E-state index in [0.29, 0.717) is 11.4 Å². The summed E-state index contributed by atoms with van der Waals surface area (Å²) >= 11 is 0. The van der Waals surface area contributed by atoms with Crippen molar-refractivity contribution in [2.24, 2.45) is 0 Å². The highest BCUT2D eigenvalue weighted by Gasteiger charge is 2.15. The lowest BCUT2D eigenvalue weighted by Crippen LogP contribution is -2.14. The number of aryl methyl sites for hydroxylation is 1. The van der Waals surface area contributed by atoms with Crippen LogP contribution < -0.4 is 4.72 Å². The highest BCUT2D eigenvalue weighted by molar-refractivity contribution is 7.92. The fourth-order valence-corrected chi connectivity index (χ4v) is 3.16. The summed E-state index contributed by atoms with van der Waals surface area (Å²) in [5, 5.41) is 0. The molecule has 124 valence electrons. The molecule has 1 N–H and O–H groups in total. The van der Waals surface area contributed by atoms with Gasteiger partial charge in [-0.1, -0.05) is 30.3 Å². The van der Waals surface area contributed by atoms with E-state index in [-0.39, 0.29) is 10.7 Å². The molecule has 0 saturated heterocycles. The Labute approximate surface area is 146 Å². The van der Waals surface area contributed by atoms with Crippen LogP contribution in [0.2, 0.25) is 0 Å². The number of rotatable bonds is 4. The van der Waals surface area contributed by atoms with Gasteiger partial charge in [0.2, 0.25) is 0 Å². The highest BCUT2D eigenvalue weighted by Crippen LogP contribution is 2.22. The Morgan fingerprint density at radius 2 is 1.80 bits per heavy atom. The Balaban J connectivity index is 1.84. The third-order valence-corrected chi connectivity index (χ3v) is 4.81. The van der Waals surface area contributed by atoms with Gasteiger partial charge in [0.05, 0.1) is 12.3 Å². The lowest BCUT2D eigenvalue weighted by atomic mass is 10.1. The Morgan fingerprint density at radius 3 is 2.40 bits per heavy atom. The zero-order chi connectivity index (χ0) is 17.9. The number of hydrogen-bond acceptors (Lipinski definition) is 4. The zero-order valence-electron chi connectivity index (χ0n) is 13.3. The van der Waals surface area contributed by atoms with Crippen LogP contribution in [-0.4, -0.2) is 18.4 Å². The number of nitrogens with one attached hydrogen (secondary N) is 1. The van der Waals surface area contributed by atoms with Gasteiger partial charge in [-0.05, 0) is 36.8 Å². The summed E-state index contributed by atoms with van der Waals surface area (Å²) in [5.74, 6) is 0.263. The maximum atomic E-state index is 12.4. The standard InChI is InChI=1S/C18H14N4O2S/c1-13-4-3-5-18(21-13)22-25(23,24)16-10-11-17(20-12-16)14-6-8-15(19-2)9-7-14/h3-12H,1H3,(H,21,22). The lowest BCUT2D eigenvalue weighted by Gasteiger charge is -2.08. The van der Waals surface area contributed by atoms with Crippen molar-refractivity contribution in [2.75, 3.05) is 4.72 Å². The molecule has 0 radical (unpaired) electrons. The number of anilines is 1. The maximum Gasteiger partial charge on any atom is 0.264 e. The van der Waals surface area contributed by atoms with Gasteiger partial charge in [-0.25, -0.2) is 18.2 Å². The molecule has 0 atom stereocenters. The minimum atomic E-state index is -3.75. The average Bonchev–Trinajstić information content (AvgIpc) is 2.61. The second-order valence-corrected chi connectivity index (χ2v) is 6.99. The predicted octanol–water partition coefficient (Wildman–Crippen LogP) is 3.80. The first-order valence-electron chi connectivity index (χ1n) is 7.38. The van der Waals surface area contributed by atoms with Crippen molar-refractivity contribution in [3.05, 3.63) is 77.9 Å². The molecule has 2 heterocycles. The molecule has 0 fully saturated rings. The largest absolute Gasteiger partial charge is 0.264 e. The van der Waals surface area contributed by atoms with Crippen LogP contribution in [0.5, 0.6) is 0 Å². The second-order valence-electron chi connectivity index (χ2n) is 5.31. The van der Waals surface area contributed by atoms with Gasteiger partial charge >= 0.3 is 0 Å². The van der Waals surface area contributed by atoms with Crippen LogP contribution in [0.3, 0.4) is 0 Å². The molecule has 0 unspecified atom stereocenters. The molecule has 3 rings (SSSR count).